The second kappa shape index (κ2) is 7.64. The van der Waals surface area contributed by atoms with Crippen molar-refractivity contribution in [3.05, 3.63) is 41.6 Å². The summed E-state index contributed by atoms with van der Waals surface area (Å²) in [6, 6.07) is 8.51. The lowest BCUT2D eigenvalue weighted by Gasteiger charge is -2.26. The Morgan fingerprint density at radius 3 is 2.70 bits per heavy atom. The van der Waals surface area contributed by atoms with Crippen LogP contribution in [0.2, 0.25) is 0 Å². The minimum atomic E-state index is -3.10. The summed E-state index contributed by atoms with van der Waals surface area (Å²) in [4.78, 5) is 30.9. The van der Waals surface area contributed by atoms with Crippen LogP contribution in [0.1, 0.15) is 29.4 Å². The Morgan fingerprint density at radius 2 is 2.04 bits per heavy atom. The monoisotopic (exact) mass is 390 g/mol. The lowest BCUT2D eigenvalue weighted by atomic mass is 10.1. The standard InChI is InChI=1S/C19H22N2O5S/c1-3-21(14-8-9-27(24,25)12-14)18(22)11-26-19(23)16-10-13(2)20-17-7-5-4-6-15(16)17/h4-7,10,14H,3,8-9,11-12H2,1-2H3/t14-/m0/s1. The summed E-state index contributed by atoms with van der Waals surface area (Å²) in [5.41, 5.74) is 1.72. The van der Waals surface area contributed by atoms with Crippen LogP contribution < -0.4 is 0 Å². The molecule has 1 fully saturated rings. The third kappa shape index (κ3) is 4.27. The molecule has 0 radical (unpaired) electrons. The Morgan fingerprint density at radius 1 is 1.30 bits per heavy atom. The number of esters is 1. The predicted octanol–water partition coefficient (Wildman–Crippen LogP) is 1.74. The van der Waals surface area contributed by atoms with Gasteiger partial charge in [-0.05, 0) is 32.4 Å². The average Bonchev–Trinajstić information content (AvgIpc) is 2.99. The Balaban J connectivity index is 1.71. The molecule has 7 nitrogen and oxygen atoms in total. The zero-order valence-electron chi connectivity index (χ0n) is 15.3. The second-order valence-electron chi connectivity index (χ2n) is 6.64. The van der Waals surface area contributed by atoms with Crippen LogP contribution in [-0.4, -0.2) is 60.9 Å². The van der Waals surface area contributed by atoms with E-state index in [1.54, 1.807) is 32.0 Å². The van der Waals surface area contributed by atoms with E-state index in [0.717, 1.165) is 0 Å². The van der Waals surface area contributed by atoms with Gasteiger partial charge in [0.1, 0.15) is 0 Å². The maximum Gasteiger partial charge on any atom is 0.339 e. The van der Waals surface area contributed by atoms with Crippen molar-refractivity contribution in [2.24, 2.45) is 0 Å². The highest BCUT2D eigenvalue weighted by molar-refractivity contribution is 7.91. The molecule has 1 amide bonds. The molecule has 0 N–H and O–H groups in total. The van der Waals surface area contributed by atoms with Crippen LogP contribution in [0.15, 0.2) is 30.3 Å². The molecule has 8 heteroatoms. The number of fused-ring (bicyclic) bond motifs is 1. The van der Waals surface area contributed by atoms with Crippen molar-refractivity contribution < 1.29 is 22.7 Å². The number of pyridine rings is 1. The van der Waals surface area contributed by atoms with Gasteiger partial charge in [0, 0.05) is 23.7 Å². The van der Waals surface area contributed by atoms with Crippen LogP contribution >= 0.6 is 0 Å². The van der Waals surface area contributed by atoms with Gasteiger partial charge in [0.25, 0.3) is 5.91 Å². The Labute approximate surface area is 158 Å². The van der Waals surface area contributed by atoms with Crippen LogP contribution in [-0.2, 0) is 19.4 Å². The Kier molecular flexibility index (Phi) is 5.46. The molecule has 0 bridgehead atoms. The SMILES string of the molecule is CCN(C(=O)COC(=O)c1cc(C)nc2ccccc12)[C@H]1CCS(=O)(=O)C1. The summed E-state index contributed by atoms with van der Waals surface area (Å²) in [5.74, 6) is -0.929. The Hall–Kier alpha value is -2.48. The number of likely N-dealkylation sites (N-methyl/N-ethyl adjacent to an activating group) is 1. The molecule has 1 aliphatic rings. The highest BCUT2D eigenvalue weighted by Gasteiger charge is 2.34. The molecule has 1 aromatic carbocycles. The van der Waals surface area contributed by atoms with Gasteiger partial charge in [0.2, 0.25) is 0 Å². The van der Waals surface area contributed by atoms with Gasteiger partial charge in [-0.1, -0.05) is 18.2 Å². The van der Waals surface area contributed by atoms with E-state index in [0.29, 0.717) is 35.1 Å². The number of aromatic nitrogens is 1. The van der Waals surface area contributed by atoms with Crippen molar-refractivity contribution in [3.8, 4) is 0 Å². The van der Waals surface area contributed by atoms with Crippen molar-refractivity contribution in [1.82, 2.24) is 9.88 Å². The summed E-state index contributed by atoms with van der Waals surface area (Å²) < 4.78 is 28.6. The zero-order valence-corrected chi connectivity index (χ0v) is 16.2. The number of benzene rings is 1. The highest BCUT2D eigenvalue weighted by atomic mass is 32.2. The molecule has 0 spiro atoms. The average molecular weight is 390 g/mol. The number of rotatable bonds is 5. The quantitative estimate of drug-likeness (QED) is 0.722. The minimum absolute atomic E-state index is 0.0330. The number of amides is 1. The first kappa shape index (κ1) is 19.3. The van der Waals surface area contributed by atoms with Crippen molar-refractivity contribution in [3.63, 3.8) is 0 Å². The van der Waals surface area contributed by atoms with Crippen molar-refractivity contribution in [2.45, 2.75) is 26.3 Å². The van der Waals surface area contributed by atoms with Crippen LogP contribution in [0, 0.1) is 6.92 Å². The van der Waals surface area contributed by atoms with Gasteiger partial charge in [-0.25, -0.2) is 13.2 Å². The number of sulfone groups is 1. The molecule has 1 saturated heterocycles. The molecule has 1 atom stereocenters. The summed E-state index contributed by atoms with van der Waals surface area (Å²) >= 11 is 0. The lowest BCUT2D eigenvalue weighted by molar-refractivity contribution is -0.136. The van der Waals surface area contributed by atoms with E-state index in [-0.39, 0.29) is 23.5 Å². The zero-order chi connectivity index (χ0) is 19.6. The fourth-order valence-corrected chi connectivity index (χ4v) is 5.15. The normalized spacial score (nSPS) is 18.4. The predicted molar refractivity (Wildman–Crippen MR) is 101 cm³/mol. The van der Waals surface area contributed by atoms with E-state index in [2.05, 4.69) is 4.98 Å². The second-order valence-corrected chi connectivity index (χ2v) is 8.87. The summed E-state index contributed by atoms with van der Waals surface area (Å²) in [7, 11) is -3.10. The number of hydrogen-bond donors (Lipinski definition) is 0. The molecule has 0 unspecified atom stereocenters. The molecular formula is C19H22N2O5S. The molecule has 3 rings (SSSR count). The topological polar surface area (TPSA) is 93.6 Å². The molecule has 0 aliphatic carbocycles. The number of nitrogens with zero attached hydrogens (tertiary/aromatic N) is 2. The molecule has 0 saturated carbocycles. The van der Waals surface area contributed by atoms with Crippen molar-refractivity contribution in [2.75, 3.05) is 24.7 Å². The van der Waals surface area contributed by atoms with Gasteiger partial charge >= 0.3 is 5.97 Å². The van der Waals surface area contributed by atoms with Crippen LogP contribution in [0.4, 0.5) is 0 Å². The summed E-state index contributed by atoms with van der Waals surface area (Å²) in [5, 5.41) is 0.662. The first-order valence-electron chi connectivity index (χ1n) is 8.84. The molecule has 27 heavy (non-hydrogen) atoms. The lowest BCUT2D eigenvalue weighted by Crippen LogP contribution is -2.43. The third-order valence-corrected chi connectivity index (χ3v) is 6.45. The van der Waals surface area contributed by atoms with Crippen molar-refractivity contribution in [1.29, 1.82) is 0 Å². The fourth-order valence-electron chi connectivity index (χ4n) is 3.42. The molecule has 144 valence electrons. The summed E-state index contributed by atoms with van der Waals surface area (Å²) in [6.45, 7) is 3.52. The maximum atomic E-state index is 12.5. The number of aryl methyl sites for hydroxylation is 1. The van der Waals surface area contributed by atoms with E-state index >= 15 is 0 Å². The fraction of sp³-hybridized carbons (Fsp3) is 0.421. The van der Waals surface area contributed by atoms with Crippen LogP contribution in [0.3, 0.4) is 0 Å². The van der Waals surface area contributed by atoms with E-state index in [1.165, 1.54) is 4.90 Å². The van der Waals surface area contributed by atoms with Gasteiger partial charge in [-0.15, -0.1) is 0 Å². The Bertz CT molecular complexity index is 987. The number of carbonyl (C=O) groups excluding carboxylic acids is 2. The van der Waals surface area contributed by atoms with Gasteiger partial charge in [0.15, 0.2) is 16.4 Å². The van der Waals surface area contributed by atoms with Crippen LogP contribution in [0.5, 0.6) is 0 Å². The van der Waals surface area contributed by atoms with Crippen LogP contribution in [0.25, 0.3) is 10.9 Å². The van der Waals surface area contributed by atoms with Gasteiger partial charge in [-0.2, -0.15) is 0 Å². The smallest absolute Gasteiger partial charge is 0.339 e. The van der Waals surface area contributed by atoms with E-state index in [1.807, 2.05) is 12.1 Å². The molecular weight excluding hydrogens is 368 g/mol. The first-order chi connectivity index (χ1) is 12.8. The number of ether oxygens (including phenoxy) is 1. The van der Waals surface area contributed by atoms with E-state index in [4.69, 9.17) is 4.74 Å². The largest absolute Gasteiger partial charge is 0.452 e. The maximum absolute atomic E-state index is 12.5. The molecule has 2 aromatic rings. The minimum Gasteiger partial charge on any atom is -0.452 e. The number of para-hydroxylation sites is 1. The molecule has 2 heterocycles. The first-order valence-corrected chi connectivity index (χ1v) is 10.7. The van der Waals surface area contributed by atoms with Gasteiger partial charge in [-0.3, -0.25) is 9.78 Å². The number of hydrogen-bond acceptors (Lipinski definition) is 6. The molecule has 1 aliphatic heterocycles. The van der Waals surface area contributed by atoms with Gasteiger partial charge < -0.3 is 9.64 Å². The van der Waals surface area contributed by atoms with E-state index < -0.39 is 22.4 Å². The van der Waals surface area contributed by atoms with E-state index in [9.17, 15) is 18.0 Å². The highest BCUT2D eigenvalue weighted by Crippen LogP contribution is 2.20. The van der Waals surface area contributed by atoms with Gasteiger partial charge in [0.05, 0.1) is 22.6 Å². The summed E-state index contributed by atoms with van der Waals surface area (Å²) in [6.07, 6.45) is 0.421. The molecule has 1 aromatic heterocycles. The third-order valence-electron chi connectivity index (χ3n) is 4.70. The number of carbonyl (C=O) groups is 2. The van der Waals surface area contributed by atoms with Crippen molar-refractivity contribution >= 4 is 32.6 Å².